The molecule has 1 atom stereocenters. The molecule has 2 aromatic rings. The Morgan fingerprint density at radius 1 is 1.06 bits per heavy atom. The number of likely N-dealkylation sites (N-methyl/N-ethyl adjacent to an activating group) is 1. The van der Waals surface area contributed by atoms with Crippen LogP contribution in [0.4, 0.5) is 10.1 Å². The van der Waals surface area contributed by atoms with E-state index in [1.807, 2.05) is 25.9 Å². The van der Waals surface area contributed by atoms with E-state index in [0.29, 0.717) is 30.8 Å². The molecule has 2 amide bonds. The minimum absolute atomic E-state index is 0.153. The van der Waals surface area contributed by atoms with Crippen molar-refractivity contribution < 1.29 is 23.9 Å². The third kappa shape index (κ3) is 3.33. The van der Waals surface area contributed by atoms with Gasteiger partial charge < -0.3 is 19.8 Å². The molecule has 0 unspecified atom stereocenters. The van der Waals surface area contributed by atoms with Crippen molar-refractivity contribution in [2.24, 2.45) is 0 Å². The van der Waals surface area contributed by atoms with Crippen molar-refractivity contribution >= 4 is 29.0 Å². The zero-order chi connectivity index (χ0) is 23.9. The lowest BCUT2D eigenvalue weighted by Crippen LogP contribution is -2.52. The summed E-state index contributed by atoms with van der Waals surface area (Å²) >= 11 is 0. The number of ketones is 1. The Hall–Kier alpha value is -3.52. The fourth-order valence-electron chi connectivity index (χ4n) is 4.78. The Balaban J connectivity index is 1.99. The molecule has 7 nitrogen and oxygen atoms in total. The maximum absolute atomic E-state index is 14.0. The van der Waals surface area contributed by atoms with Crippen molar-refractivity contribution in [2.75, 3.05) is 38.6 Å². The largest absolute Gasteiger partial charge is 0.507 e. The molecule has 2 aliphatic rings. The number of fused-ring (bicyclic) bond motifs is 2. The number of Topliss-reactive ketones (excluding diaryl/α,β-unsaturated/α-hetero) is 1. The summed E-state index contributed by atoms with van der Waals surface area (Å²) < 4.78 is 13.5. The summed E-state index contributed by atoms with van der Waals surface area (Å²) in [6.07, 6.45) is 0.528. The number of halogens is 1. The van der Waals surface area contributed by atoms with Crippen LogP contribution in [0.5, 0.6) is 0 Å². The molecule has 0 aliphatic carbocycles. The molecule has 1 saturated heterocycles. The van der Waals surface area contributed by atoms with Gasteiger partial charge in [-0.25, -0.2) is 4.39 Å². The van der Waals surface area contributed by atoms with Crippen molar-refractivity contribution in [1.29, 1.82) is 0 Å². The highest BCUT2D eigenvalue weighted by Gasteiger charge is 2.66. The Morgan fingerprint density at radius 3 is 2.36 bits per heavy atom. The zero-order valence-electron chi connectivity index (χ0n) is 18.8. The Kier molecular flexibility index (Phi) is 5.80. The lowest BCUT2D eigenvalue weighted by atomic mass is 9.82. The first-order chi connectivity index (χ1) is 15.7. The fraction of sp³-hybridized carbons (Fsp3) is 0.320. The van der Waals surface area contributed by atoms with Crippen LogP contribution in [0, 0.1) is 5.82 Å². The quantitative estimate of drug-likeness (QED) is 0.415. The minimum Gasteiger partial charge on any atom is -0.507 e. The molecule has 8 heteroatoms. The number of carbonyl (C=O) groups excluding carboxylic acids is 3. The first-order valence-corrected chi connectivity index (χ1v) is 10.9. The van der Waals surface area contributed by atoms with Crippen LogP contribution >= 0.6 is 0 Å². The van der Waals surface area contributed by atoms with E-state index >= 15 is 0 Å². The van der Waals surface area contributed by atoms with Gasteiger partial charge in [-0.15, -0.1) is 0 Å². The summed E-state index contributed by atoms with van der Waals surface area (Å²) in [4.78, 5) is 45.4. The molecule has 172 valence electrons. The van der Waals surface area contributed by atoms with Gasteiger partial charge in [0.15, 0.2) is 5.54 Å². The molecule has 2 aliphatic heterocycles. The number of rotatable bonds is 6. The highest BCUT2D eigenvalue weighted by atomic mass is 19.1. The van der Waals surface area contributed by atoms with Gasteiger partial charge in [0, 0.05) is 24.2 Å². The van der Waals surface area contributed by atoms with Crippen LogP contribution in [-0.4, -0.2) is 66.2 Å². The molecule has 1 fully saturated rings. The van der Waals surface area contributed by atoms with E-state index < -0.39 is 34.7 Å². The van der Waals surface area contributed by atoms with Crippen molar-refractivity contribution in [3.63, 3.8) is 0 Å². The van der Waals surface area contributed by atoms with Gasteiger partial charge in [0.25, 0.3) is 17.6 Å². The van der Waals surface area contributed by atoms with Gasteiger partial charge in [0.1, 0.15) is 11.6 Å². The smallest absolute Gasteiger partial charge is 0.296 e. The first-order valence-electron chi connectivity index (χ1n) is 10.9. The number of aliphatic hydroxyl groups excluding tert-OH is 1. The summed E-state index contributed by atoms with van der Waals surface area (Å²) in [5, 5.41) is 11.2. The molecule has 0 radical (unpaired) electrons. The van der Waals surface area contributed by atoms with Crippen molar-refractivity contribution in [2.45, 2.75) is 18.9 Å². The predicted molar refractivity (Wildman–Crippen MR) is 122 cm³/mol. The molecule has 4 rings (SSSR count). The van der Waals surface area contributed by atoms with Crippen LogP contribution in [0.1, 0.15) is 24.5 Å². The van der Waals surface area contributed by atoms with Gasteiger partial charge in [-0.3, -0.25) is 14.4 Å². The number of benzene rings is 2. The maximum Gasteiger partial charge on any atom is 0.296 e. The van der Waals surface area contributed by atoms with E-state index in [9.17, 15) is 23.9 Å². The topological polar surface area (TPSA) is 81.2 Å². The van der Waals surface area contributed by atoms with Crippen molar-refractivity contribution in [3.8, 4) is 0 Å². The molecule has 0 bridgehead atoms. The average Bonchev–Trinajstić information content (AvgIpc) is 3.17. The third-order valence-electron chi connectivity index (χ3n) is 6.23. The van der Waals surface area contributed by atoms with Gasteiger partial charge in [0.05, 0.1) is 11.3 Å². The van der Waals surface area contributed by atoms with Crippen LogP contribution in [0.3, 0.4) is 0 Å². The summed E-state index contributed by atoms with van der Waals surface area (Å²) in [7, 11) is 3.79. The SMILES string of the molecule is CCN1C(=O)[C@]2(C(=C(O)c3ccc(F)cc3)C(=O)C(=O)N2CCCN(C)C)c2ccccc21. The fourth-order valence-corrected chi connectivity index (χ4v) is 4.78. The van der Waals surface area contributed by atoms with Gasteiger partial charge in [-0.05, 0) is 64.3 Å². The number of nitrogens with zero attached hydrogens (tertiary/aromatic N) is 3. The Morgan fingerprint density at radius 2 is 1.73 bits per heavy atom. The van der Waals surface area contributed by atoms with Gasteiger partial charge in [-0.2, -0.15) is 0 Å². The minimum atomic E-state index is -1.77. The van der Waals surface area contributed by atoms with E-state index in [1.54, 1.807) is 24.3 Å². The molecular formula is C25H26FN3O4. The van der Waals surface area contributed by atoms with Crippen LogP contribution in [0.2, 0.25) is 0 Å². The summed E-state index contributed by atoms with van der Waals surface area (Å²) in [5.41, 5.74) is -0.829. The highest BCUT2D eigenvalue weighted by Crippen LogP contribution is 2.53. The second kappa shape index (κ2) is 8.44. The molecule has 33 heavy (non-hydrogen) atoms. The number of anilines is 1. The molecule has 2 heterocycles. The monoisotopic (exact) mass is 451 g/mol. The van der Waals surface area contributed by atoms with Crippen LogP contribution in [0.25, 0.3) is 5.76 Å². The van der Waals surface area contributed by atoms with Crippen LogP contribution < -0.4 is 4.90 Å². The summed E-state index contributed by atoms with van der Waals surface area (Å²) in [6.45, 7) is 2.94. The Labute approximate surface area is 191 Å². The number of hydrogen-bond donors (Lipinski definition) is 1. The lowest BCUT2D eigenvalue weighted by molar-refractivity contribution is -0.143. The zero-order valence-corrected chi connectivity index (χ0v) is 18.8. The predicted octanol–water partition coefficient (Wildman–Crippen LogP) is 2.72. The van der Waals surface area contributed by atoms with E-state index in [0.717, 1.165) is 12.1 Å². The second-order valence-corrected chi connectivity index (χ2v) is 8.45. The first kappa shape index (κ1) is 22.7. The van der Waals surface area contributed by atoms with Crippen molar-refractivity contribution in [3.05, 3.63) is 71.0 Å². The molecule has 2 aromatic carbocycles. The van der Waals surface area contributed by atoms with E-state index in [2.05, 4.69) is 0 Å². The van der Waals surface area contributed by atoms with Crippen LogP contribution in [0.15, 0.2) is 54.1 Å². The van der Waals surface area contributed by atoms with Crippen LogP contribution in [-0.2, 0) is 19.9 Å². The second-order valence-electron chi connectivity index (χ2n) is 8.45. The van der Waals surface area contributed by atoms with Gasteiger partial charge >= 0.3 is 0 Å². The average molecular weight is 451 g/mol. The summed E-state index contributed by atoms with van der Waals surface area (Å²) in [5.74, 6) is -3.23. The molecular weight excluding hydrogens is 425 g/mol. The molecule has 1 spiro atoms. The summed E-state index contributed by atoms with van der Waals surface area (Å²) in [6, 6.07) is 11.9. The number of aliphatic hydroxyl groups is 1. The molecule has 0 saturated carbocycles. The number of likely N-dealkylation sites (tertiary alicyclic amines) is 1. The lowest BCUT2D eigenvalue weighted by Gasteiger charge is -2.34. The van der Waals surface area contributed by atoms with Crippen molar-refractivity contribution in [1.82, 2.24) is 9.80 Å². The Bertz CT molecular complexity index is 1160. The third-order valence-corrected chi connectivity index (χ3v) is 6.23. The number of para-hydroxylation sites is 1. The van der Waals surface area contributed by atoms with E-state index in [-0.39, 0.29) is 17.7 Å². The number of hydrogen-bond acceptors (Lipinski definition) is 5. The standard InChI is InChI=1S/C25H26FN3O4/c1-4-28-19-9-6-5-8-18(19)25(24(28)33)20(21(30)16-10-12-17(26)13-11-16)22(31)23(32)29(25)15-7-14-27(2)3/h5-6,8-13,30H,4,7,14-15H2,1-3H3/t25-/m1/s1. The molecule has 1 N–H and O–H groups in total. The van der Waals surface area contributed by atoms with E-state index in [1.165, 1.54) is 21.9 Å². The highest BCUT2D eigenvalue weighted by molar-refractivity contribution is 6.50. The van der Waals surface area contributed by atoms with Gasteiger partial charge in [-0.1, -0.05) is 18.2 Å². The maximum atomic E-state index is 14.0. The molecule has 0 aromatic heterocycles. The van der Waals surface area contributed by atoms with Gasteiger partial charge in [0.2, 0.25) is 0 Å². The normalized spacial score (nSPS) is 21.5. The number of amides is 2. The van der Waals surface area contributed by atoms with E-state index in [4.69, 9.17) is 0 Å². The number of carbonyl (C=O) groups is 3.